The van der Waals surface area contributed by atoms with Crippen molar-refractivity contribution in [3.05, 3.63) is 114 Å². The molecule has 40 heavy (non-hydrogen) atoms. The third kappa shape index (κ3) is 5.43. The van der Waals surface area contributed by atoms with E-state index in [1.54, 1.807) is 42.5 Å². The third-order valence-electron chi connectivity index (χ3n) is 7.20. The summed E-state index contributed by atoms with van der Waals surface area (Å²) in [5.74, 6) is -1.92. The first-order valence-electron chi connectivity index (χ1n) is 12.5. The molecule has 8 nitrogen and oxygen atoms in total. The molecule has 10 heteroatoms. The van der Waals surface area contributed by atoms with Crippen molar-refractivity contribution in [3.8, 4) is 16.9 Å². The minimum Gasteiger partial charge on any atom is -0.508 e. The lowest BCUT2D eigenvalue weighted by Crippen LogP contribution is -2.59. The Kier molecular flexibility index (Phi) is 7.59. The number of nitrogens with zero attached hydrogens (tertiary/aromatic N) is 1. The van der Waals surface area contributed by atoms with Crippen molar-refractivity contribution in [2.45, 2.75) is 24.7 Å². The molecule has 206 valence electrons. The maximum absolute atomic E-state index is 13.4. The molecule has 4 aromatic rings. The number of para-hydroxylation sites is 1. The number of anilines is 1. The smallest absolute Gasteiger partial charge is 0.356 e. The molecule has 1 amide bonds. The third-order valence-corrected chi connectivity index (χ3v) is 8.17. The van der Waals surface area contributed by atoms with E-state index in [9.17, 15) is 38.9 Å². The van der Waals surface area contributed by atoms with Gasteiger partial charge >= 0.3 is 7.60 Å². The fourth-order valence-corrected chi connectivity index (χ4v) is 5.65. The van der Waals surface area contributed by atoms with E-state index in [0.29, 0.717) is 27.9 Å². The number of aliphatic hydroxyl groups is 2. The predicted molar refractivity (Wildman–Crippen MR) is 147 cm³/mol. The quantitative estimate of drug-likeness (QED) is 0.160. The molecule has 0 bridgehead atoms. The van der Waals surface area contributed by atoms with Crippen molar-refractivity contribution in [3.63, 3.8) is 0 Å². The van der Waals surface area contributed by atoms with Gasteiger partial charge in [0.15, 0.2) is 0 Å². The van der Waals surface area contributed by atoms with Gasteiger partial charge in [-0.1, -0.05) is 54.6 Å². The van der Waals surface area contributed by atoms with E-state index in [1.807, 2.05) is 0 Å². The van der Waals surface area contributed by atoms with Gasteiger partial charge in [-0.15, -0.1) is 0 Å². The second kappa shape index (κ2) is 11.0. The average Bonchev–Trinajstić information content (AvgIpc) is 2.92. The number of amides is 1. The van der Waals surface area contributed by atoms with Gasteiger partial charge in [0.05, 0.1) is 29.5 Å². The van der Waals surface area contributed by atoms with Crippen LogP contribution in [0.2, 0.25) is 0 Å². The summed E-state index contributed by atoms with van der Waals surface area (Å²) in [6.07, 6.45) is -2.58. The van der Waals surface area contributed by atoms with Crippen LogP contribution in [0.25, 0.3) is 11.1 Å². The number of carbonyl (C=O) groups is 1. The largest absolute Gasteiger partial charge is 0.508 e. The van der Waals surface area contributed by atoms with E-state index in [2.05, 4.69) is 0 Å². The molecular formula is C30H27FNO7P. The standard InChI is InChI=1S/C30H27FNO7P/c31-21-11-6-19(7-12-21)25(33)17-27(35)28-29(32(30(28)36)22-4-2-1-3-5-22)24-15-10-20(16-26(24)34)18-8-13-23(14-9-18)40(37,38)39/h1-16,25,27-29,33-35H,17H2,(H2,37,38,39)/t25-,27+,28+,29+/m0/s1. The zero-order valence-electron chi connectivity index (χ0n) is 21.1. The van der Waals surface area contributed by atoms with Crippen LogP contribution in [0.3, 0.4) is 0 Å². The Morgan fingerprint density at radius 3 is 2.08 bits per heavy atom. The predicted octanol–water partition coefficient (Wildman–Crippen LogP) is 4.19. The molecule has 1 heterocycles. The van der Waals surface area contributed by atoms with E-state index in [0.717, 1.165) is 0 Å². The highest BCUT2D eigenvalue weighted by Gasteiger charge is 2.53. The second-order valence-corrected chi connectivity index (χ2v) is 11.4. The summed E-state index contributed by atoms with van der Waals surface area (Å²) in [6, 6.07) is 23.9. The van der Waals surface area contributed by atoms with Gasteiger partial charge in [-0.3, -0.25) is 9.36 Å². The Hall–Kier alpha value is -3.85. The van der Waals surface area contributed by atoms with Crippen LogP contribution in [-0.2, 0) is 9.36 Å². The van der Waals surface area contributed by atoms with Crippen LogP contribution >= 0.6 is 7.60 Å². The molecule has 0 unspecified atom stereocenters. The van der Waals surface area contributed by atoms with Gasteiger partial charge < -0.3 is 30.0 Å². The lowest BCUT2D eigenvalue weighted by atomic mass is 9.76. The summed E-state index contributed by atoms with van der Waals surface area (Å²) in [6.45, 7) is 0. The SMILES string of the molecule is O=C1[C@H]([C@H](O)C[C@H](O)c2ccc(F)cc2)[C@@H](c2ccc(-c3ccc(P(=O)(O)O)cc3)cc2O)N1c1ccccc1. The fourth-order valence-electron chi connectivity index (χ4n) is 5.11. The first kappa shape index (κ1) is 27.7. The van der Waals surface area contributed by atoms with Gasteiger partial charge in [0.2, 0.25) is 5.91 Å². The second-order valence-electron chi connectivity index (χ2n) is 9.75. The van der Waals surface area contributed by atoms with Crippen molar-refractivity contribution < 1.29 is 38.9 Å². The van der Waals surface area contributed by atoms with Crippen LogP contribution in [0.1, 0.15) is 29.7 Å². The number of benzene rings is 4. The summed E-state index contributed by atoms with van der Waals surface area (Å²) in [7, 11) is -4.39. The first-order chi connectivity index (χ1) is 19.0. The highest BCUT2D eigenvalue weighted by Crippen LogP contribution is 2.49. The van der Waals surface area contributed by atoms with Crippen molar-refractivity contribution in [2.24, 2.45) is 5.92 Å². The lowest BCUT2D eigenvalue weighted by Gasteiger charge is -2.49. The van der Waals surface area contributed by atoms with Crippen molar-refractivity contribution in [1.82, 2.24) is 0 Å². The molecule has 0 aliphatic carbocycles. The van der Waals surface area contributed by atoms with Crippen LogP contribution < -0.4 is 10.2 Å². The maximum Gasteiger partial charge on any atom is 0.356 e. The Morgan fingerprint density at radius 2 is 1.48 bits per heavy atom. The van der Waals surface area contributed by atoms with E-state index in [4.69, 9.17) is 0 Å². The average molecular weight is 564 g/mol. The van der Waals surface area contributed by atoms with Gasteiger partial charge in [-0.25, -0.2) is 4.39 Å². The van der Waals surface area contributed by atoms with Gasteiger partial charge in [-0.05, 0) is 59.2 Å². The minimum absolute atomic E-state index is 0.122. The summed E-state index contributed by atoms with van der Waals surface area (Å²) >= 11 is 0. The minimum atomic E-state index is -4.39. The van der Waals surface area contributed by atoms with Gasteiger partial charge in [0.25, 0.3) is 0 Å². The van der Waals surface area contributed by atoms with Crippen LogP contribution in [-0.4, -0.2) is 37.1 Å². The molecular weight excluding hydrogens is 536 g/mol. The van der Waals surface area contributed by atoms with Crippen LogP contribution in [0.15, 0.2) is 97.1 Å². The van der Waals surface area contributed by atoms with Crippen molar-refractivity contribution in [2.75, 3.05) is 4.90 Å². The number of aliphatic hydroxyl groups excluding tert-OH is 2. The first-order valence-corrected chi connectivity index (χ1v) is 14.1. The molecule has 0 saturated carbocycles. The molecule has 4 atom stereocenters. The Balaban J connectivity index is 1.45. The van der Waals surface area contributed by atoms with Crippen LogP contribution in [0.5, 0.6) is 5.75 Å². The summed E-state index contributed by atoms with van der Waals surface area (Å²) in [5, 5.41) is 32.7. The summed E-state index contributed by atoms with van der Waals surface area (Å²) in [5.41, 5.74) is 2.57. The Labute approximate surface area is 229 Å². The fraction of sp³-hybridized carbons (Fsp3) is 0.167. The molecule has 5 rings (SSSR count). The maximum atomic E-state index is 13.4. The van der Waals surface area contributed by atoms with E-state index >= 15 is 0 Å². The number of carbonyl (C=O) groups excluding carboxylic acids is 1. The molecule has 5 N–H and O–H groups in total. The van der Waals surface area contributed by atoms with Crippen LogP contribution in [0, 0.1) is 11.7 Å². The molecule has 1 fully saturated rings. The van der Waals surface area contributed by atoms with Gasteiger partial charge in [-0.2, -0.15) is 0 Å². The number of hydrogen-bond acceptors (Lipinski definition) is 5. The van der Waals surface area contributed by atoms with Gasteiger partial charge in [0, 0.05) is 17.7 Å². The Bertz CT molecular complexity index is 1560. The van der Waals surface area contributed by atoms with E-state index in [-0.39, 0.29) is 23.4 Å². The van der Waals surface area contributed by atoms with E-state index in [1.165, 1.54) is 59.5 Å². The topological polar surface area (TPSA) is 139 Å². The molecule has 1 aliphatic rings. The number of rotatable bonds is 8. The number of phenols is 1. The van der Waals surface area contributed by atoms with Gasteiger partial charge in [0.1, 0.15) is 11.6 Å². The molecule has 4 aromatic carbocycles. The molecule has 1 aliphatic heterocycles. The number of hydrogen-bond donors (Lipinski definition) is 5. The molecule has 0 spiro atoms. The van der Waals surface area contributed by atoms with Crippen molar-refractivity contribution >= 4 is 24.5 Å². The zero-order valence-corrected chi connectivity index (χ0v) is 22.0. The van der Waals surface area contributed by atoms with E-state index < -0.39 is 37.6 Å². The number of β-lactam (4-membered cyclic amide) rings is 1. The number of halogens is 1. The Morgan fingerprint density at radius 1 is 0.850 bits per heavy atom. The number of aromatic hydroxyl groups is 1. The van der Waals surface area contributed by atoms with Crippen LogP contribution in [0.4, 0.5) is 10.1 Å². The highest BCUT2D eigenvalue weighted by molar-refractivity contribution is 7.60. The van der Waals surface area contributed by atoms with Crippen molar-refractivity contribution in [1.29, 1.82) is 0 Å². The molecule has 1 saturated heterocycles. The zero-order chi connectivity index (χ0) is 28.6. The summed E-state index contributed by atoms with van der Waals surface area (Å²) in [4.78, 5) is 33.5. The summed E-state index contributed by atoms with van der Waals surface area (Å²) < 4.78 is 24.8. The normalized spacial score (nSPS) is 18.7. The highest BCUT2D eigenvalue weighted by atomic mass is 31.2. The molecule has 0 radical (unpaired) electrons. The monoisotopic (exact) mass is 563 g/mol. The lowest BCUT2D eigenvalue weighted by molar-refractivity contribution is -0.137. The molecule has 0 aromatic heterocycles. The number of phenolic OH excluding ortho intramolecular Hbond substituents is 1.